The fourth-order valence-electron chi connectivity index (χ4n) is 0.465. The molecule has 0 spiro atoms. The minimum absolute atomic E-state index is 0.575. The summed E-state index contributed by atoms with van der Waals surface area (Å²) in [5.41, 5.74) is 0. The van der Waals surface area contributed by atoms with Crippen LogP contribution in [0.5, 0.6) is 0 Å². The van der Waals surface area contributed by atoms with E-state index in [0.717, 1.165) is 0 Å². The van der Waals surface area contributed by atoms with Gasteiger partial charge >= 0.3 is 11.9 Å². The minimum atomic E-state index is -0.845. The molecule has 0 aromatic rings. The van der Waals surface area contributed by atoms with Crippen LogP contribution in [0.1, 0.15) is 6.92 Å². The first-order valence-corrected chi connectivity index (χ1v) is 2.90. The molecule has 0 saturated carbocycles. The number of amides is 1. The minimum Gasteiger partial charge on any atom is -0.467 e. The number of carbonyl (C=O) groups excluding carboxylic acids is 2. The number of rotatable bonds is 2. The summed E-state index contributed by atoms with van der Waals surface area (Å²) in [6, 6.07) is 0.546. The van der Waals surface area contributed by atoms with Gasteiger partial charge in [-0.3, -0.25) is 4.79 Å². The number of nitriles is 1. The van der Waals surface area contributed by atoms with Gasteiger partial charge in [-0.2, -0.15) is 5.26 Å². The van der Waals surface area contributed by atoms with Crippen molar-refractivity contribution >= 4 is 11.9 Å². The molecule has 0 heterocycles. The topological polar surface area (TPSA) is 79.2 Å². The third-order valence-corrected chi connectivity index (χ3v) is 1.00. The van der Waals surface area contributed by atoms with Gasteiger partial charge in [0.2, 0.25) is 0 Å². The van der Waals surface area contributed by atoms with Gasteiger partial charge in [0.15, 0.2) is 6.07 Å². The first kappa shape index (κ1) is 9.43. The van der Waals surface area contributed by atoms with E-state index in [1.54, 1.807) is 0 Å². The number of ether oxygens (including phenoxy) is 1. The maximum atomic E-state index is 10.6. The van der Waals surface area contributed by atoms with Crippen LogP contribution in [0.15, 0.2) is 0 Å². The van der Waals surface area contributed by atoms with Crippen molar-refractivity contribution in [3.05, 3.63) is 0 Å². The largest absolute Gasteiger partial charge is 0.467 e. The van der Waals surface area contributed by atoms with Crippen molar-refractivity contribution in [3.63, 3.8) is 0 Å². The van der Waals surface area contributed by atoms with Crippen LogP contribution in [-0.2, 0) is 14.3 Å². The van der Waals surface area contributed by atoms with E-state index in [0.29, 0.717) is 0 Å². The molecule has 1 amide bonds. The lowest BCUT2D eigenvalue weighted by molar-refractivity contribution is -0.143. The lowest BCUT2D eigenvalue weighted by Crippen LogP contribution is -2.38. The van der Waals surface area contributed by atoms with Crippen molar-refractivity contribution in [1.82, 2.24) is 5.32 Å². The lowest BCUT2D eigenvalue weighted by atomic mass is 10.3. The van der Waals surface area contributed by atoms with Gasteiger partial charge in [-0.25, -0.2) is 4.79 Å². The van der Waals surface area contributed by atoms with Gasteiger partial charge in [0.05, 0.1) is 7.11 Å². The molecule has 1 atom stereocenters. The number of carbonyl (C=O) groups is 2. The van der Waals surface area contributed by atoms with Gasteiger partial charge < -0.3 is 10.1 Å². The Morgan fingerprint density at radius 2 is 2.18 bits per heavy atom. The molecular weight excluding hydrogens is 148 g/mol. The monoisotopic (exact) mass is 156 g/mol. The normalized spacial score (nSPS) is 11.0. The molecule has 0 aliphatic carbocycles. The predicted octanol–water partition coefficient (Wildman–Crippen LogP) is -0.812. The van der Waals surface area contributed by atoms with Crippen LogP contribution in [0.3, 0.4) is 0 Å². The fourth-order valence-corrected chi connectivity index (χ4v) is 0.465. The van der Waals surface area contributed by atoms with E-state index in [1.807, 2.05) is 0 Å². The van der Waals surface area contributed by atoms with Crippen LogP contribution in [0.4, 0.5) is 0 Å². The van der Waals surface area contributed by atoms with Crippen LogP contribution in [-0.4, -0.2) is 25.0 Å². The molecule has 0 rings (SSSR count). The molecule has 1 N–H and O–H groups in total. The molecule has 5 heteroatoms. The van der Waals surface area contributed by atoms with Crippen LogP contribution >= 0.6 is 0 Å². The zero-order chi connectivity index (χ0) is 8.85. The molecule has 0 radical (unpaired) electrons. The first-order chi connectivity index (χ1) is 5.11. The standard InChI is InChI=1S/C6H8N2O3/c1-4(6(10)11-2)8-5(9)3-7/h4H,1-2H3,(H,8,9)/t4-/m0/s1. The van der Waals surface area contributed by atoms with Crippen molar-refractivity contribution in [3.8, 4) is 6.07 Å². The van der Waals surface area contributed by atoms with E-state index in [4.69, 9.17) is 5.26 Å². The number of hydrogen-bond donors (Lipinski definition) is 1. The highest BCUT2D eigenvalue weighted by atomic mass is 16.5. The van der Waals surface area contributed by atoms with Crippen molar-refractivity contribution in [2.45, 2.75) is 13.0 Å². The summed E-state index contributed by atoms with van der Waals surface area (Å²) in [6.07, 6.45) is 0. The highest BCUT2D eigenvalue weighted by molar-refractivity contribution is 5.94. The quantitative estimate of drug-likeness (QED) is 0.418. The Bertz CT molecular complexity index is 206. The Hall–Kier alpha value is -1.57. The second-order valence-electron chi connectivity index (χ2n) is 1.83. The Labute approximate surface area is 63.9 Å². The number of esters is 1. The molecular formula is C6H8N2O3. The van der Waals surface area contributed by atoms with E-state index in [9.17, 15) is 9.59 Å². The van der Waals surface area contributed by atoms with E-state index in [2.05, 4.69) is 10.1 Å². The van der Waals surface area contributed by atoms with Crippen molar-refractivity contribution < 1.29 is 14.3 Å². The predicted molar refractivity (Wildman–Crippen MR) is 35.2 cm³/mol. The molecule has 0 saturated heterocycles. The van der Waals surface area contributed by atoms with Gasteiger partial charge in [-0.15, -0.1) is 0 Å². The molecule has 0 aromatic carbocycles. The summed E-state index contributed by atoms with van der Waals surface area (Å²) >= 11 is 0. The first-order valence-electron chi connectivity index (χ1n) is 2.90. The van der Waals surface area contributed by atoms with Crippen molar-refractivity contribution in [2.75, 3.05) is 7.11 Å². The highest BCUT2D eigenvalue weighted by Gasteiger charge is 2.14. The van der Waals surface area contributed by atoms with Gasteiger partial charge in [0.1, 0.15) is 6.04 Å². The van der Waals surface area contributed by atoms with E-state index in [-0.39, 0.29) is 0 Å². The van der Waals surface area contributed by atoms with E-state index >= 15 is 0 Å². The van der Waals surface area contributed by atoms with Gasteiger partial charge in [-0.1, -0.05) is 0 Å². The number of methoxy groups -OCH3 is 1. The summed E-state index contributed by atoms with van der Waals surface area (Å²) in [4.78, 5) is 21.0. The summed E-state index contributed by atoms with van der Waals surface area (Å²) in [5, 5.41) is 10.1. The third kappa shape index (κ3) is 3.20. The van der Waals surface area contributed by atoms with Gasteiger partial charge in [0, 0.05) is 0 Å². The second-order valence-corrected chi connectivity index (χ2v) is 1.83. The maximum Gasteiger partial charge on any atom is 0.328 e. The maximum absolute atomic E-state index is 10.6. The van der Waals surface area contributed by atoms with E-state index in [1.165, 1.54) is 20.1 Å². The second kappa shape index (κ2) is 4.28. The molecule has 0 fully saturated rings. The average molecular weight is 156 g/mol. The molecule has 0 bridgehead atoms. The zero-order valence-corrected chi connectivity index (χ0v) is 6.25. The Balaban J connectivity index is 3.89. The number of nitrogens with one attached hydrogen (secondary N) is 1. The van der Waals surface area contributed by atoms with E-state index < -0.39 is 17.9 Å². The highest BCUT2D eigenvalue weighted by Crippen LogP contribution is 1.84. The Morgan fingerprint density at radius 3 is 2.55 bits per heavy atom. The van der Waals surface area contributed by atoms with Gasteiger partial charge in [0.25, 0.3) is 0 Å². The molecule has 0 aliphatic rings. The van der Waals surface area contributed by atoms with Crippen LogP contribution in [0.25, 0.3) is 0 Å². The van der Waals surface area contributed by atoms with Gasteiger partial charge in [-0.05, 0) is 6.92 Å². The average Bonchev–Trinajstić information content (AvgIpc) is 2.02. The number of hydrogen-bond acceptors (Lipinski definition) is 4. The molecule has 11 heavy (non-hydrogen) atoms. The fraction of sp³-hybridized carbons (Fsp3) is 0.500. The smallest absolute Gasteiger partial charge is 0.328 e. The molecule has 0 unspecified atom stereocenters. The van der Waals surface area contributed by atoms with Crippen LogP contribution in [0, 0.1) is 11.3 Å². The molecule has 5 nitrogen and oxygen atoms in total. The molecule has 0 aliphatic heterocycles. The zero-order valence-electron chi connectivity index (χ0n) is 6.25. The summed E-state index contributed by atoms with van der Waals surface area (Å²) in [6.45, 7) is 1.43. The summed E-state index contributed by atoms with van der Waals surface area (Å²) in [7, 11) is 1.21. The summed E-state index contributed by atoms with van der Waals surface area (Å²) in [5.74, 6) is -1.42. The van der Waals surface area contributed by atoms with Crippen molar-refractivity contribution in [2.24, 2.45) is 0 Å². The molecule has 0 aromatic heterocycles. The lowest BCUT2D eigenvalue weighted by Gasteiger charge is -2.07. The summed E-state index contributed by atoms with van der Waals surface area (Å²) < 4.78 is 4.29. The van der Waals surface area contributed by atoms with Crippen LogP contribution in [0.2, 0.25) is 0 Å². The Morgan fingerprint density at radius 1 is 1.64 bits per heavy atom. The Kier molecular flexibility index (Phi) is 3.67. The third-order valence-electron chi connectivity index (χ3n) is 1.00. The van der Waals surface area contributed by atoms with Crippen LogP contribution < -0.4 is 5.32 Å². The SMILES string of the molecule is COC(=O)[C@H](C)NC(=O)C#N. The number of nitrogens with zero attached hydrogens (tertiary/aromatic N) is 1. The molecule has 60 valence electrons. The van der Waals surface area contributed by atoms with Crippen molar-refractivity contribution in [1.29, 1.82) is 5.26 Å².